The van der Waals surface area contributed by atoms with Crippen LogP contribution in [0, 0.1) is 5.92 Å². The Morgan fingerprint density at radius 3 is 2.24 bits per heavy atom. The largest absolute Gasteiger partial charge is 0.493 e. The van der Waals surface area contributed by atoms with Gasteiger partial charge in [-0.15, -0.1) is 0 Å². The van der Waals surface area contributed by atoms with E-state index in [9.17, 15) is 14.4 Å². The maximum Gasteiger partial charge on any atom is 0.413 e. The summed E-state index contributed by atoms with van der Waals surface area (Å²) in [5.74, 6) is 0.361. The van der Waals surface area contributed by atoms with Crippen molar-refractivity contribution in [3.05, 3.63) is 35.4 Å². The maximum atomic E-state index is 13.5. The Bertz CT molecular complexity index is 1200. The smallest absolute Gasteiger partial charge is 0.413 e. The van der Waals surface area contributed by atoms with E-state index >= 15 is 0 Å². The molecule has 0 saturated heterocycles. The van der Waals surface area contributed by atoms with Gasteiger partial charge in [-0.05, 0) is 44.9 Å². The van der Waals surface area contributed by atoms with Crippen LogP contribution in [0.5, 0.6) is 34.5 Å². The molecule has 2 aromatic carbocycles. The van der Waals surface area contributed by atoms with Gasteiger partial charge in [0.1, 0.15) is 23.5 Å². The molecule has 0 aliphatic carbocycles. The van der Waals surface area contributed by atoms with Crippen LogP contribution in [0.3, 0.4) is 0 Å². The summed E-state index contributed by atoms with van der Waals surface area (Å²) in [7, 11) is 5.82. The lowest BCUT2D eigenvalue weighted by Gasteiger charge is -2.27. The second kappa shape index (κ2) is 11.9. The van der Waals surface area contributed by atoms with Crippen molar-refractivity contribution in [2.24, 2.45) is 5.92 Å². The van der Waals surface area contributed by atoms with Crippen molar-refractivity contribution >= 4 is 17.8 Å². The number of Topliss-reactive ketones (excluding diaryl/α,β-unsaturated/α-hetero) is 1. The zero-order valence-electron chi connectivity index (χ0n) is 22.6. The van der Waals surface area contributed by atoms with Gasteiger partial charge in [-0.25, -0.2) is 4.79 Å². The fourth-order valence-electron chi connectivity index (χ4n) is 3.97. The maximum absolute atomic E-state index is 13.5. The van der Waals surface area contributed by atoms with E-state index < -0.39 is 23.6 Å². The number of methoxy groups -OCH3 is 4. The van der Waals surface area contributed by atoms with Gasteiger partial charge in [-0.3, -0.25) is 9.59 Å². The highest BCUT2D eigenvalue weighted by atomic mass is 16.6. The number of ether oxygens (including phenoxy) is 7. The third kappa shape index (κ3) is 6.58. The Balaban J connectivity index is 1.76. The molecule has 1 atom stereocenters. The van der Waals surface area contributed by atoms with Crippen LogP contribution in [0.1, 0.15) is 36.7 Å². The van der Waals surface area contributed by atoms with Gasteiger partial charge < -0.3 is 38.5 Å². The molecule has 0 saturated carbocycles. The van der Waals surface area contributed by atoms with E-state index in [1.807, 2.05) is 0 Å². The molecule has 1 N–H and O–H groups in total. The molecule has 0 aromatic heterocycles. The van der Waals surface area contributed by atoms with Crippen molar-refractivity contribution in [1.29, 1.82) is 0 Å². The van der Waals surface area contributed by atoms with Crippen LogP contribution >= 0.6 is 0 Å². The first-order chi connectivity index (χ1) is 18.0. The highest BCUT2D eigenvalue weighted by Gasteiger charge is 2.35. The Morgan fingerprint density at radius 1 is 0.947 bits per heavy atom. The van der Waals surface area contributed by atoms with Crippen LogP contribution in [0.15, 0.2) is 24.3 Å². The fourth-order valence-corrected chi connectivity index (χ4v) is 3.97. The molecule has 3 rings (SSSR count). The summed E-state index contributed by atoms with van der Waals surface area (Å²) < 4.78 is 38.0. The van der Waals surface area contributed by atoms with Crippen molar-refractivity contribution in [2.45, 2.75) is 32.8 Å². The molecule has 38 heavy (non-hydrogen) atoms. The number of nitrogens with one attached hydrogen (secondary N) is 1. The van der Waals surface area contributed by atoms with E-state index in [0.717, 1.165) is 0 Å². The molecule has 0 spiro atoms. The molecule has 11 heteroatoms. The number of benzene rings is 2. The van der Waals surface area contributed by atoms with Crippen molar-refractivity contribution < 1.29 is 47.5 Å². The SMILES string of the molecule is COc1ccc(CC2COc3cc(OC)c(OC)c(OC)c3C2=O)cc1OC(=O)NCC(=O)OC(C)(C)C. The summed E-state index contributed by atoms with van der Waals surface area (Å²) in [6.07, 6.45) is -0.571. The molecule has 2 aromatic rings. The normalized spacial score (nSPS) is 14.5. The van der Waals surface area contributed by atoms with Gasteiger partial charge >= 0.3 is 12.1 Å². The third-order valence-electron chi connectivity index (χ3n) is 5.56. The van der Waals surface area contributed by atoms with E-state index in [1.165, 1.54) is 28.4 Å². The number of hydrogen-bond acceptors (Lipinski definition) is 10. The first-order valence-corrected chi connectivity index (χ1v) is 11.9. The third-order valence-corrected chi connectivity index (χ3v) is 5.56. The highest BCUT2D eigenvalue weighted by Crippen LogP contribution is 2.47. The fraction of sp³-hybridized carbons (Fsp3) is 0.444. The van der Waals surface area contributed by atoms with Crippen molar-refractivity contribution in [3.8, 4) is 34.5 Å². The number of amides is 1. The molecular weight excluding hydrogens is 498 g/mol. The molecule has 1 amide bonds. The van der Waals surface area contributed by atoms with Crippen LogP contribution in [-0.2, 0) is 16.0 Å². The van der Waals surface area contributed by atoms with Gasteiger partial charge in [0, 0.05) is 6.07 Å². The zero-order valence-corrected chi connectivity index (χ0v) is 22.6. The molecule has 0 bridgehead atoms. The molecule has 1 aliphatic rings. The topological polar surface area (TPSA) is 128 Å². The first kappa shape index (κ1) is 28.4. The second-order valence-corrected chi connectivity index (χ2v) is 9.41. The minimum Gasteiger partial charge on any atom is -0.493 e. The number of rotatable bonds is 9. The van der Waals surface area contributed by atoms with Crippen molar-refractivity contribution in [2.75, 3.05) is 41.6 Å². The van der Waals surface area contributed by atoms with E-state index in [1.54, 1.807) is 45.0 Å². The molecule has 1 heterocycles. The Labute approximate surface area is 221 Å². The van der Waals surface area contributed by atoms with E-state index in [-0.39, 0.29) is 42.4 Å². The van der Waals surface area contributed by atoms with Crippen LogP contribution in [0.25, 0.3) is 0 Å². The van der Waals surface area contributed by atoms with Crippen LogP contribution in [0.2, 0.25) is 0 Å². The lowest BCUT2D eigenvalue weighted by Crippen LogP contribution is -2.36. The number of carbonyl (C=O) groups excluding carboxylic acids is 3. The predicted molar refractivity (Wildman–Crippen MR) is 136 cm³/mol. The standard InChI is InChI=1S/C27H33NO10/c1-27(2,3)38-21(29)13-28-26(31)37-18-11-15(8-9-17(18)32-4)10-16-14-36-19-12-20(33-5)24(34-6)25(35-7)22(19)23(16)30/h8-9,11-12,16H,10,13-14H2,1-7H3,(H,28,31). The van der Waals surface area contributed by atoms with Gasteiger partial charge in [0.25, 0.3) is 0 Å². The molecular formula is C27H33NO10. The lowest BCUT2D eigenvalue weighted by atomic mass is 9.88. The van der Waals surface area contributed by atoms with Crippen molar-refractivity contribution in [3.63, 3.8) is 0 Å². The summed E-state index contributed by atoms with van der Waals surface area (Å²) in [5, 5.41) is 2.36. The van der Waals surface area contributed by atoms with Gasteiger partial charge in [-0.1, -0.05) is 6.07 Å². The van der Waals surface area contributed by atoms with Gasteiger partial charge in [0.2, 0.25) is 5.75 Å². The first-order valence-electron chi connectivity index (χ1n) is 11.9. The summed E-state index contributed by atoms with van der Waals surface area (Å²) in [6.45, 7) is 4.95. The van der Waals surface area contributed by atoms with E-state index in [0.29, 0.717) is 28.6 Å². The Kier molecular flexibility index (Phi) is 8.92. The number of ketones is 1. The number of esters is 1. The van der Waals surface area contributed by atoms with Crippen LogP contribution in [0.4, 0.5) is 4.79 Å². The summed E-state index contributed by atoms with van der Waals surface area (Å²) in [4.78, 5) is 37.7. The van der Waals surface area contributed by atoms with Crippen LogP contribution < -0.4 is 33.7 Å². The molecule has 206 valence electrons. The summed E-state index contributed by atoms with van der Waals surface area (Å²) in [5.41, 5.74) is 0.292. The summed E-state index contributed by atoms with van der Waals surface area (Å²) in [6, 6.07) is 6.59. The minimum atomic E-state index is -0.858. The second-order valence-electron chi connectivity index (χ2n) is 9.41. The molecule has 11 nitrogen and oxygen atoms in total. The minimum absolute atomic E-state index is 0.125. The highest BCUT2D eigenvalue weighted by molar-refractivity contribution is 6.05. The van der Waals surface area contributed by atoms with Gasteiger partial charge in [0.15, 0.2) is 28.8 Å². The molecule has 1 unspecified atom stereocenters. The van der Waals surface area contributed by atoms with E-state index in [4.69, 9.17) is 33.2 Å². The van der Waals surface area contributed by atoms with Crippen LogP contribution in [-0.4, -0.2) is 65.0 Å². The monoisotopic (exact) mass is 531 g/mol. The lowest BCUT2D eigenvalue weighted by molar-refractivity contribution is -0.153. The number of carbonyl (C=O) groups is 3. The molecule has 0 radical (unpaired) electrons. The van der Waals surface area contributed by atoms with Crippen molar-refractivity contribution in [1.82, 2.24) is 5.32 Å². The zero-order chi connectivity index (χ0) is 28.0. The molecule has 0 fully saturated rings. The average Bonchev–Trinajstić information content (AvgIpc) is 2.87. The Morgan fingerprint density at radius 2 is 1.63 bits per heavy atom. The predicted octanol–water partition coefficient (Wildman–Crippen LogP) is 3.59. The molecule has 1 aliphatic heterocycles. The quantitative estimate of drug-likeness (QED) is 0.480. The Hall–Kier alpha value is -4.15. The number of hydrogen-bond donors (Lipinski definition) is 1. The van der Waals surface area contributed by atoms with Gasteiger partial charge in [-0.2, -0.15) is 0 Å². The number of fused-ring (bicyclic) bond motifs is 1. The summed E-state index contributed by atoms with van der Waals surface area (Å²) >= 11 is 0. The van der Waals surface area contributed by atoms with E-state index in [2.05, 4.69) is 5.32 Å². The average molecular weight is 532 g/mol. The van der Waals surface area contributed by atoms with Gasteiger partial charge in [0.05, 0.1) is 41.0 Å².